The number of rotatable bonds is 2. The molecule has 0 saturated carbocycles. The highest BCUT2D eigenvalue weighted by molar-refractivity contribution is 7.80. The summed E-state index contributed by atoms with van der Waals surface area (Å²) in [6.45, 7) is 4.58. The van der Waals surface area contributed by atoms with Crippen LogP contribution in [0.3, 0.4) is 0 Å². The second kappa shape index (κ2) is 6.03. The lowest BCUT2D eigenvalue weighted by Gasteiger charge is -2.29. The number of benzene rings is 1. The van der Waals surface area contributed by atoms with Crippen molar-refractivity contribution >= 4 is 28.9 Å². The molecule has 0 amide bonds. The van der Waals surface area contributed by atoms with E-state index in [2.05, 4.69) is 27.3 Å². The Morgan fingerprint density at radius 3 is 3.14 bits per heavy atom. The predicted molar refractivity (Wildman–Crippen MR) is 89.4 cm³/mol. The molecule has 4 nitrogen and oxygen atoms in total. The maximum Gasteiger partial charge on any atom is 0.169 e. The van der Waals surface area contributed by atoms with Crippen LogP contribution in [0.15, 0.2) is 24.3 Å². The van der Waals surface area contributed by atoms with Gasteiger partial charge in [0.25, 0.3) is 0 Å². The highest BCUT2D eigenvalue weighted by Gasteiger charge is 2.23. The van der Waals surface area contributed by atoms with E-state index in [1.807, 2.05) is 24.3 Å². The Bertz CT molecular complexity index is 667. The maximum absolute atomic E-state index is 6.09. The number of thiocarbonyl (C=S) groups is 1. The number of hydrogen-bond donors (Lipinski definition) is 2. The van der Waals surface area contributed by atoms with Gasteiger partial charge < -0.3 is 10.2 Å². The summed E-state index contributed by atoms with van der Waals surface area (Å²) < 4.78 is 0. The molecule has 0 aliphatic carbocycles. The third-order valence-electron chi connectivity index (χ3n) is 3.65. The van der Waals surface area contributed by atoms with Crippen molar-refractivity contribution < 1.29 is 0 Å². The molecule has 1 aromatic heterocycles. The number of fused-ring (bicyclic) bond motifs is 1. The SMILES string of the molecule is CCNC(=S)N1CCc2[nH]nc(-c3cccc(Cl)c3)c2C1. The normalized spacial score (nSPS) is 13.9. The number of nitrogens with zero attached hydrogens (tertiary/aromatic N) is 2. The molecule has 110 valence electrons. The summed E-state index contributed by atoms with van der Waals surface area (Å²) in [5.41, 5.74) is 4.41. The molecular weight excluding hydrogens is 304 g/mol. The van der Waals surface area contributed by atoms with Crippen LogP contribution < -0.4 is 5.32 Å². The van der Waals surface area contributed by atoms with Gasteiger partial charge in [0.2, 0.25) is 0 Å². The first-order valence-electron chi connectivity index (χ1n) is 7.04. The topological polar surface area (TPSA) is 44.0 Å². The van der Waals surface area contributed by atoms with E-state index in [1.165, 1.54) is 11.3 Å². The van der Waals surface area contributed by atoms with Crippen molar-refractivity contribution in [1.29, 1.82) is 0 Å². The molecule has 0 unspecified atom stereocenters. The lowest BCUT2D eigenvalue weighted by atomic mass is 10.0. The predicted octanol–water partition coefficient (Wildman–Crippen LogP) is 2.98. The first-order chi connectivity index (χ1) is 10.2. The molecule has 2 N–H and O–H groups in total. The average molecular weight is 321 g/mol. The number of H-pyrrole nitrogens is 1. The molecule has 1 aromatic carbocycles. The third-order valence-corrected chi connectivity index (χ3v) is 4.28. The van der Waals surface area contributed by atoms with Crippen molar-refractivity contribution in [1.82, 2.24) is 20.4 Å². The minimum atomic E-state index is 0.722. The van der Waals surface area contributed by atoms with E-state index in [1.54, 1.807) is 0 Å². The maximum atomic E-state index is 6.09. The first-order valence-corrected chi connectivity index (χ1v) is 7.82. The smallest absolute Gasteiger partial charge is 0.169 e. The number of aromatic nitrogens is 2. The van der Waals surface area contributed by atoms with Crippen molar-refractivity contribution in [3.63, 3.8) is 0 Å². The summed E-state index contributed by atoms with van der Waals surface area (Å²) in [6.07, 6.45) is 0.925. The van der Waals surface area contributed by atoms with Gasteiger partial charge in [0.1, 0.15) is 0 Å². The van der Waals surface area contributed by atoms with E-state index in [0.717, 1.165) is 47.4 Å². The zero-order chi connectivity index (χ0) is 14.8. The first kappa shape index (κ1) is 14.4. The summed E-state index contributed by atoms with van der Waals surface area (Å²) in [5, 5.41) is 12.4. The summed E-state index contributed by atoms with van der Waals surface area (Å²) in [6, 6.07) is 7.79. The molecule has 2 heterocycles. The fourth-order valence-electron chi connectivity index (χ4n) is 2.61. The van der Waals surface area contributed by atoms with Crippen LogP contribution in [-0.4, -0.2) is 33.3 Å². The standard InChI is InChI=1S/C15H17ClN4S/c1-2-17-15(21)20-7-6-13-12(9-20)14(19-18-13)10-4-3-5-11(16)8-10/h3-5,8H,2,6-7,9H2,1H3,(H,17,21)(H,18,19). The summed E-state index contributed by atoms with van der Waals surface area (Å²) in [4.78, 5) is 2.19. The fraction of sp³-hybridized carbons (Fsp3) is 0.333. The van der Waals surface area contributed by atoms with Gasteiger partial charge in [0.15, 0.2) is 5.11 Å². The van der Waals surface area contributed by atoms with E-state index in [-0.39, 0.29) is 0 Å². The largest absolute Gasteiger partial charge is 0.363 e. The Hall–Kier alpha value is -1.59. The van der Waals surface area contributed by atoms with Crippen LogP contribution in [0.25, 0.3) is 11.3 Å². The Kier molecular flexibility index (Phi) is 4.12. The summed E-state index contributed by atoms with van der Waals surface area (Å²) >= 11 is 11.5. The molecule has 1 aliphatic rings. The van der Waals surface area contributed by atoms with Crippen LogP contribution in [0.2, 0.25) is 5.02 Å². The van der Waals surface area contributed by atoms with E-state index >= 15 is 0 Å². The summed E-state index contributed by atoms with van der Waals surface area (Å²) in [7, 11) is 0. The number of halogens is 1. The molecule has 0 spiro atoms. The number of nitrogens with one attached hydrogen (secondary N) is 2. The second-order valence-corrected chi connectivity index (χ2v) is 5.87. The highest BCUT2D eigenvalue weighted by atomic mass is 35.5. The van der Waals surface area contributed by atoms with Gasteiger partial charge in [-0.05, 0) is 31.3 Å². The monoisotopic (exact) mass is 320 g/mol. The summed E-state index contributed by atoms with van der Waals surface area (Å²) in [5.74, 6) is 0. The van der Waals surface area contributed by atoms with Crippen LogP contribution >= 0.6 is 23.8 Å². The Morgan fingerprint density at radius 1 is 1.52 bits per heavy atom. The van der Waals surface area contributed by atoms with Gasteiger partial charge in [-0.2, -0.15) is 5.10 Å². The molecule has 0 fully saturated rings. The molecule has 21 heavy (non-hydrogen) atoms. The number of aromatic amines is 1. The van der Waals surface area contributed by atoms with Gasteiger partial charge in [-0.3, -0.25) is 5.10 Å². The number of hydrogen-bond acceptors (Lipinski definition) is 2. The molecule has 2 aromatic rings. The van der Waals surface area contributed by atoms with Gasteiger partial charge >= 0.3 is 0 Å². The zero-order valence-electron chi connectivity index (χ0n) is 11.8. The molecular formula is C15H17ClN4S. The van der Waals surface area contributed by atoms with Gasteiger partial charge in [0, 0.05) is 47.9 Å². The van der Waals surface area contributed by atoms with Crippen LogP contribution in [0.5, 0.6) is 0 Å². The third kappa shape index (κ3) is 2.89. The van der Waals surface area contributed by atoms with E-state index in [0.29, 0.717) is 0 Å². The molecule has 0 radical (unpaired) electrons. The molecule has 3 rings (SSSR count). The Balaban J connectivity index is 1.91. The lowest BCUT2D eigenvalue weighted by Crippen LogP contribution is -2.42. The van der Waals surface area contributed by atoms with E-state index < -0.39 is 0 Å². The molecule has 6 heteroatoms. The van der Waals surface area contributed by atoms with Crippen molar-refractivity contribution in [2.45, 2.75) is 19.9 Å². The van der Waals surface area contributed by atoms with Crippen molar-refractivity contribution in [3.8, 4) is 11.3 Å². The van der Waals surface area contributed by atoms with Crippen LogP contribution in [0.4, 0.5) is 0 Å². The van der Waals surface area contributed by atoms with Crippen LogP contribution in [0, 0.1) is 0 Å². The van der Waals surface area contributed by atoms with Gasteiger partial charge in [-0.25, -0.2) is 0 Å². The van der Waals surface area contributed by atoms with Crippen molar-refractivity contribution in [2.75, 3.05) is 13.1 Å². The molecule has 0 bridgehead atoms. The van der Waals surface area contributed by atoms with Crippen molar-refractivity contribution in [3.05, 3.63) is 40.5 Å². The van der Waals surface area contributed by atoms with Crippen LogP contribution in [0.1, 0.15) is 18.2 Å². The fourth-order valence-corrected chi connectivity index (χ4v) is 3.10. The molecule has 0 saturated heterocycles. The quantitative estimate of drug-likeness (QED) is 0.835. The van der Waals surface area contributed by atoms with E-state index in [4.69, 9.17) is 23.8 Å². The molecule has 0 atom stereocenters. The van der Waals surface area contributed by atoms with Crippen molar-refractivity contribution in [2.24, 2.45) is 0 Å². The minimum Gasteiger partial charge on any atom is -0.363 e. The Labute approximate surface area is 134 Å². The van der Waals surface area contributed by atoms with Gasteiger partial charge in [-0.15, -0.1) is 0 Å². The zero-order valence-corrected chi connectivity index (χ0v) is 13.4. The lowest BCUT2D eigenvalue weighted by molar-refractivity contribution is 0.387. The van der Waals surface area contributed by atoms with Crippen LogP contribution in [-0.2, 0) is 13.0 Å². The highest BCUT2D eigenvalue weighted by Crippen LogP contribution is 2.29. The minimum absolute atomic E-state index is 0.722. The average Bonchev–Trinajstić information content (AvgIpc) is 2.90. The van der Waals surface area contributed by atoms with E-state index in [9.17, 15) is 0 Å². The molecule has 1 aliphatic heterocycles. The van der Waals surface area contributed by atoms with Gasteiger partial charge in [-0.1, -0.05) is 23.7 Å². The Morgan fingerprint density at radius 2 is 2.38 bits per heavy atom. The van der Waals surface area contributed by atoms with Gasteiger partial charge in [0.05, 0.1) is 5.69 Å². The second-order valence-electron chi connectivity index (χ2n) is 5.05.